The van der Waals surface area contributed by atoms with Crippen LogP contribution in [0.1, 0.15) is 40.5 Å². The van der Waals surface area contributed by atoms with Gasteiger partial charge in [0.05, 0.1) is 4.90 Å². The lowest BCUT2D eigenvalue weighted by molar-refractivity contribution is -0.161. The van der Waals surface area contributed by atoms with E-state index < -0.39 is 44.0 Å². The van der Waals surface area contributed by atoms with E-state index in [1.54, 1.807) is 32.6 Å². The normalized spacial score (nSPS) is 19.0. The summed E-state index contributed by atoms with van der Waals surface area (Å²) in [6, 6.07) is 3.50. The van der Waals surface area contributed by atoms with Crippen molar-refractivity contribution in [1.29, 1.82) is 0 Å². The lowest BCUT2D eigenvalue weighted by Gasteiger charge is -2.40. The van der Waals surface area contributed by atoms with Gasteiger partial charge >= 0.3 is 11.9 Å². The van der Waals surface area contributed by atoms with Gasteiger partial charge in [-0.2, -0.15) is 0 Å². The van der Waals surface area contributed by atoms with Crippen LogP contribution in [0.2, 0.25) is 0 Å². The van der Waals surface area contributed by atoms with Crippen LogP contribution in [0.15, 0.2) is 29.2 Å². The lowest BCUT2D eigenvalue weighted by atomic mass is 9.95. The molecule has 2 rings (SSSR count). The summed E-state index contributed by atoms with van der Waals surface area (Å²) in [6.07, 6.45) is -0.371. The summed E-state index contributed by atoms with van der Waals surface area (Å²) in [6.45, 7) is 7.10. The number of benzene rings is 1. The highest BCUT2D eigenvalue weighted by Crippen LogP contribution is 2.36. The van der Waals surface area contributed by atoms with E-state index in [2.05, 4.69) is 0 Å². The van der Waals surface area contributed by atoms with Crippen molar-refractivity contribution in [1.82, 2.24) is 4.90 Å². The SMILES string of the molecule is CC(C(=O)OC(C)(C)C)N1CCC(C(=O)O)(S(=O)(=O)c2ccc(F)cc2)CC1. The fourth-order valence-electron chi connectivity index (χ4n) is 3.25. The van der Waals surface area contributed by atoms with Gasteiger partial charge in [-0.1, -0.05) is 0 Å². The van der Waals surface area contributed by atoms with E-state index >= 15 is 0 Å². The van der Waals surface area contributed by atoms with Crippen molar-refractivity contribution in [3.05, 3.63) is 30.1 Å². The second kappa shape index (κ2) is 7.79. The number of sulfone groups is 1. The van der Waals surface area contributed by atoms with Crippen LogP contribution in [0.5, 0.6) is 0 Å². The summed E-state index contributed by atoms with van der Waals surface area (Å²) in [4.78, 5) is 25.8. The van der Waals surface area contributed by atoms with Gasteiger partial charge in [0.1, 0.15) is 17.5 Å². The molecule has 0 aromatic heterocycles. The Hall–Kier alpha value is -2.00. The van der Waals surface area contributed by atoms with Crippen LogP contribution < -0.4 is 0 Å². The van der Waals surface area contributed by atoms with Gasteiger partial charge in [-0.15, -0.1) is 0 Å². The average Bonchev–Trinajstić information content (AvgIpc) is 2.59. The molecule has 1 aliphatic heterocycles. The fourth-order valence-corrected chi connectivity index (χ4v) is 5.14. The van der Waals surface area contributed by atoms with Gasteiger partial charge in [0.25, 0.3) is 0 Å². The van der Waals surface area contributed by atoms with Crippen molar-refractivity contribution in [3.8, 4) is 0 Å². The number of ether oxygens (including phenoxy) is 1. The molecule has 1 aromatic carbocycles. The van der Waals surface area contributed by atoms with Gasteiger partial charge in [-0.05, 0) is 64.8 Å². The largest absolute Gasteiger partial charge is 0.480 e. The highest BCUT2D eigenvalue weighted by molar-refractivity contribution is 7.93. The Bertz CT molecular complexity index is 836. The predicted molar refractivity (Wildman–Crippen MR) is 100 cm³/mol. The van der Waals surface area contributed by atoms with Crippen LogP contribution in [-0.4, -0.2) is 59.8 Å². The number of hydrogen-bond acceptors (Lipinski definition) is 6. The Balaban J connectivity index is 2.23. The van der Waals surface area contributed by atoms with Gasteiger partial charge in [0.2, 0.25) is 0 Å². The van der Waals surface area contributed by atoms with Crippen LogP contribution in [0.25, 0.3) is 0 Å². The highest BCUT2D eigenvalue weighted by atomic mass is 32.2. The smallest absolute Gasteiger partial charge is 0.325 e. The molecular formula is C19H26FNO6S. The third-order valence-corrected chi connectivity index (χ3v) is 7.43. The predicted octanol–water partition coefficient (Wildman–Crippen LogP) is 2.25. The molecule has 0 aliphatic carbocycles. The summed E-state index contributed by atoms with van der Waals surface area (Å²) in [7, 11) is -4.25. The zero-order chi connectivity index (χ0) is 21.3. The van der Waals surface area contributed by atoms with E-state index in [-0.39, 0.29) is 30.8 Å². The van der Waals surface area contributed by atoms with Crippen molar-refractivity contribution in [2.75, 3.05) is 13.1 Å². The molecule has 28 heavy (non-hydrogen) atoms. The first kappa shape index (κ1) is 22.3. The maximum atomic E-state index is 13.1. The number of esters is 1. The third-order valence-electron chi connectivity index (χ3n) is 4.93. The van der Waals surface area contributed by atoms with E-state index in [9.17, 15) is 27.5 Å². The van der Waals surface area contributed by atoms with Crippen molar-refractivity contribution in [2.45, 2.75) is 61.8 Å². The molecule has 9 heteroatoms. The molecule has 1 fully saturated rings. The minimum Gasteiger partial charge on any atom is -0.480 e. The molecular weight excluding hydrogens is 389 g/mol. The van der Waals surface area contributed by atoms with Gasteiger partial charge in [0, 0.05) is 13.1 Å². The van der Waals surface area contributed by atoms with E-state index in [1.807, 2.05) is 0 Å². The maximum absolute atomic E-state index is 13.1. The standard InChI is InChI=1S/C19H26FNO6S/c1-13(16(22)27-18(2,3)4)21-11-9-19(10-12-21,17(23)24)28(25,26)15-7-5-14(20)6-8-15/h5-8,13H,9-12H2,1-4H3,(H,23,24). The van der Waals surface area contributed by atoms with Crippen LogP contribution in [0, 0.1) is 5.82 Å². The Morgan fingerprint density at radius 1 is 1.18 bits per heavy atom. The number of nitrogens with zero attached hydrogens (tertiary/aromatic N) is 1. The summed E-state index contributed by atoms with van der Waals surface area (Å²) in [5.74, 6) is -2.50. The zero-order valence-corrected chi connectivity index (χ0v) is 17.3. The molecule has 1 unspecified atom stereocenters. The molecule has 0 saturated carbocycles. The minimum atomic E-state index is -4.25. The summed E-state index contributed by atoms with van der Waals surface area (Å²) < 4.78 is 42.6. The first-order valence-electron chi connectivity index (χ1n) is 9.01. The number of likely N-dealkylation sites (tertiary alicyclic amines) is 1. The number of halogens is 1. The van der Waals surface area contributed by atoms with Crippen LogP contribution in [0.4, 0.5) is 4.39 Å². The number of rotatable bonds is 5. The van der Waals surface area contributed by atoms with Gasteiger partial charge in [-0.3, -0.25) is 14.5 Å². The van der Waals surface area contributed by atoms with E-state index in [1.165, 1.54) is 0 Å². The van der Waals surface area contributed by atoms with Gasteiger partial charge in [0.15, 0.2) is 14.6 Å². The number of piperidine rings is 1. The molecule has 7 nitrogen and oxygen atoms in total. The molecule has 1 aliphatic rings. The molecule has 0 amide bonds. The molecule has 1 heterocycles. The van der Waals surface area contributed by atoms with Crippen molar-refractivity contribution in [2.24, 2.45) is 0 Å². The van der Waals surface area contributed by atoms with Crippen LogP contribution in [-0.2, 0) is 24.2 Å². The second-order valence-electron chi connectivity index (χ2n) is 8.00. The molecule has 0 spiro atoms. The minimum absolute atomic E-state index is 0.104. The van der Waals surface area contributed by atoms with Crippen molar-refractivity contribution < 1.29 is 32.2 Å². The first-order chi connectivity index (χ1) is 12.8. The topological polar surface area (TPSA) is 101 Å². The molecule has 1 saturated heterocycles. The third kappa shape index (κ3) is 4.35. The van der Waals surface area contributed by atoms with Crippen molar-refractivity contribution >= 4 is 21.8 Å². The van der Waals surface area contributed by atoms with E-state index in [4.69, 9.17) is 4.74 Å². The van der Waals surface area contributed by atoms with Gasteiger partial charge in [-0.25, -0.2) is 12.8 Å². The number of carboxylic acids is 1. The molecule has 156 valence electrons. The fraction of sp³-hybridized carbons (Fsp3) is 0.579. The van der Waals surface area contributed by atoms with Crippen LogP contribution >= 0.6 is 0 Å². The lowest BCUT2D eigenvalue weighted by Crippen LogP contribution is -2.57. The Morgan fingerprint density at radius 2 is 1.68 bits per heavy atom. The zero-order valence-electron chi connectivity index (χ0n) is 16.4. The summed E-state index contributed by atoms with van der Waals surface area (Å²) in [5, 5.41) is 9.76. The number of hydrogen-bond donors (Lipinski definition) is 1. The quantitative estimate of drug-likeness (QED) is 0.581. The van der Waals surface area contributed by atoms with Crippen molar-refractivity contribution in [3.63, 3.8) is 0 Å². The number of carbonyl (C=O) groups excluding carboxylic acids is 1. The Kier molecular flexibility index (Phi) is 6.20. The maximum Gasteiger partial charge on any atom is 0.325 e. The van der Waals surface area contributed by atoms with Crippen LogP contribution in [0.3, 0.4) is 0 Å². The number of aliphatic carboxylic acids is 1. The monoisotopic (exact) mass is 415 g/mol. The first-order valence-corrected chi connectivity index (χ1v) is 10.5. The Morgan fingerprint density at radius 3 is 2.11 bits per heavy atom. The second-order valence-corrected chi connectivity index (χ2v) is 10.3. The number of carbonyl (C=O) groups is 2. The summed E-state index contributed by atoms with van der Waals surface area (Å²) in [5.41, 5.74) is -0.655. The summed E-state index contributed by atoms with van der Waals surface area (Å²) >= 11 is 0. The van der Waals surface area contributed by atoms with Gasteiger partial charge < -0.3 is 9.84 Å². The average molecular weight is 415 g/mol. The highest BCUT2D eigenvalue weighted by Gasteiger charge is 2.54. The Labute approximate surface area is 164 Å². The number of carboxylic acid groups (broad SMARTS) is 1. The molecule has 1 N–H and O–H groups in total. The molecule has 1 atom stereocenters. The molecule has 0 radical (unpaired) electrons. The molecule has 1 aromatic rings. The van der Waals surface area contributed by atoms with E-state index in [0.717, 1.165) is 24.3 Å². The van der Waals surface area contributed by atoms with E-state index in [0.29, 0.717) is 0 Å². The molecule has 0 bridgehead atoms.